The van der Waals surface area contributed by atoms with Gasteiger partial charge in [-0.1, -0.05) is 68.4 Å². The van der Waals surface area contributed by atoms with E-state index in [1.165, 1.54) is 0 Å². The Morgan fingerprint density at radius 2 is 1.45 bits per heavy atom. The van der Waals surface area contributed by atoms with Gasteiger partial charge in [0.1, 0.15) is 5.75 Å². The maximum Gasteiger partial charge on any atom is 0.319 e. The lowest BCUT2D eigenvalue weighted by atomic mass is 9.96. The number of hydrogen-bond donors (Lipinski definition) is 3. The third-order valence-corrected chi connectivity index (χ3v) is 4.63. The molecule has 0 saturated carbocycles. The zero-order valence-electron chi connectivity index (χ0n) is 17.7. The molecule has 0 radical (unpaired) electrons. The van der Waals surface area contributed by atoms with Crippen LogP contribution in [0.2, 0.25) is 0 Å². The van der Waals surface area contributed by atoms with Crippen molar-refractivity contribution in [3.63, 3.8) is 0 Å². The SMILES string of the molecule is CC(C)C(NC(=O)Nc1cccc(OCC(=O)Nc2ccccc2)c1)c1ccccc1. The van der Waals surface area contributed by atoms with E-state index in [-0.39, 0.29) is 30.5 Å². The highest BCUT2D eigenvalue weighted by atomic mass is 16.5. The zero-order chi connectivity index (χ0) is 22.1. The highest BCUT2D eigenvalue weighted by molar-refractivity contribution is 5.92. The molecule has 6 nitrogen and oxygen atoms in total. The normalized spacial score (nSPS) is 11.5. The number of rotatable bonds is 8. The Morgan fingerprint density at radius 3 is 2.13 bits per heavy atom. The molecule has 3 aromatic rings. The molecule has 0 heterocycles. The van der Waals surface area contributed by atoms with E-state index in [1.807, 2.05) is 48.5 Å². The van der Waals surface area contributed by atoms with Gasteiger partial charge in [0.15, 0.2) is 6.61 Å². The highest BCUT2D eigenvalue weighted by Gasteiger charge is 2.18. The van der Waals surface area contributed by atoms with Gasteiger partial charge >= 0.3 is 6.03 Å². The fraction of sp³-hybridized carbons (Fsp3) is 0.200. The number of nitrogens with one attached hydrogen (secondary N) is 3. The molecule has 0 spiro atoms. The van der Waals surface area contributed by atoms with Crippen molar-refractivity contribution in [1.29, 1.82) is 0 Å². The Hall–Kier alpha value is -3.80. The fourth-order valence-corrected chi connectivity index (χ4v) is 3.13. The summed E-state index contributed by atoms with van der Waals surface area (Å²) in [5.41, 5.74) is 2.34. The van der Waals surface area contributed by atoms with Crippen molar-refractivity contribution >= 4 is 23.3 Å². The van der Waals surface area contributed by atoms with Gasteiger partial charge in [0.25, 0.3) is 5.91 Å². The van der Waals surface area contributed by atoms with E-state index in [1.54, 1.807) is 36.4 Å². The molecule has 6 heteroatoms. The van der Waals surface area contributed by atoms with E-state index in [0.717, 1.165) is 5.56 Å². The molecule has 1 atom stereocenters. The minimum Gasteiger partial charge on any atom is -0.484 e. The molecule has 0 aromatic heterocycles. The van der Waals surface area contributed by atoms with Crippen LogP contribution >= 0.6 is 0 Å². The summed E-state index contributed by atoms with van der Waals surface area (Å²) in [4.78, 5) is 24.6. The van der Waals surface area contributed by atoms with Crippen LogP contribution in [-0.2, 0) is 4.79 Å². The number of hydrogen-bond acceptors (Lipinski definition) is 3. The molecule has 0 aliphatic carbocycles. The van der Waals surface area contributed by atoms with E-state index in [9.17, 15) is 9.59 Å². The molecule has 0 bridgehead atoms. The number of amides is 3. The number of ether oxygens (including phenoxy) is 1. The topological polar surface area (TPSA) is 79.5 Å². The summed E-state index contributed by atoms with van der Waals surface area (Å²) in [5.74, 6) is 0.459. The molecular weight excluding hydrogens is 390 g/mol. The lowest BCUT2D eigenvalue weighted by Crippen LogP contribution is -2.35. The Balaban J connectivity index is 1.54. The van der Waals surface area contributed by atoms with Crippen LogP contribution in [-0.4, -0.2) is 18.5 Å². The van der Waals surface area contributed by atoms with Gasteiger partial charge in [-0.05, 0) is 35.7 Å². The largest absolute Gasteiger partial charge is 0.484 e. The van der Waals surface area contributed by atoms with Gasteiger partial charge in [0, 0.05) is 17.4 Å². The van der Waals surface area contributed by atoms with Crippen molar-refractivity contribution in [3.8, 4) is 5.75 Å². The molecule has 0 saturated heterocycles. The van der Waals surface area contributed by atoms with Gasteiger partial charge in [0.2, 0.25) is 0 Å². The second kappa shape index (κ2) is 10.8. The Kier molecular flexibility index (Phi) is 7.65. The molecule has 3 N–H and O–H groups in total. The zero-order valence-corrected chi connectivity index (χ0v) is 17.7. The standard InChI is InChI=1S/C25H27N3O3/c1-18(2)24(19-10-5-3-6-11-19)28-25(30)27-21-14-9-15-22(16-21)31-17-23(29)26-20-12-7-4-8-13-20/h3-16,18,24H,17H2,1-2H3,(H,26,29)(H2,27,28,30). The average molecular weight is 418 g/mol. The number of carbonyl (C=O) groups excluding carboxylic acids is 2. The fourth-order valence-electron chi connectivity index (χ4n) is 3.13. The Morgan fingerprint density at radius 1 is 0.806 bits per heavy atom. The molecule has 160 valence electrons. The monoisotopic (exact) mass is 417 g/mol. The van der Waals surface area contributed by atoms with Gasteiger partial charge in [-0.3, -0.25) is 4.79 Å². The third kappa shape index (κ3) is 6.89. The van der Waals surface area contributed by atoms with E-state index in [4.69, 9.17) is 4.74 Å². The quantitative estimate of drug-likeness (QED) is 0.470. The van der Waals surface area contributed by atoms with Crippen molar-refractivity contribution < 1.29 is 14.3 Å². The molecule has 1 unspecified atom stereocenters. The maximum absolute atomic E-state index is 12.6. The van der Waals surface area contributed by atoms with Crippen LogP contribution in [0.5, 0.6) is 5.75 Å². The molecule has 31 heavy (non-hydrogen) atoms. The van der Waals surface area contributed by atoms with Crippen molar-refractivity contribution in [2.75, 3.05) is 17.2 Å². The first-order valence-corrected chi connectivity index (χ1v) is 10.2. The summed E-state index contributed by atoms with van der Waals surface area (Å²) in [6, 6.07) is 25.6. The predicted octanol–water partition coefficient (Wildman–Crippen LogP) is 5.22. The third-order valence-electron chi connectivity index (χ3n) is 4.63. The molecule has 3 amide bonds. The summed E-state index contributed by atoms with van der Waals surface area (Å²) >= 11 is 0. The number of urea groups is 1. The van der Waals surface area contributed by atoms with Gasteiger partial charge in [-0.25, -0.2) is 4.79 Å². The molecule has 3 rings (SSSR count). The summed E-state index contributed by atoms with van der Waals surface area (Å²) in [6.45, 7) is 3.99. The van der Waals surface area contributed by atoms with Crippen LogP contribution < -0.4 is 20.7 Å². The minimum atomic E-state index is -0.304. The smallest absolute Gasteiger partial charge is 0.319 e. The molecule has 0 fully saturated rings. The highest BCUT2D eigenvalue weighted by Crippen LogP contribution is 2.22. The van der Waals surface area contributed by atoms with E-state index >= 15 is 0 Å². The minimum absolute atomic E-state index is 0.109. The summed E-state index contributed by atoms with van der Waals surface area (Å²) < 4.78 is 5.57. The number of benzene rings is 3. The molecular formula is C25H27N3O3. The van der Waals surface area contributed by atoms with Crippen molar-refractivity contribution in [2.24, 2.45) is 5.92 Å². The van der Waals surface area contributed by atoms with Crippen LogP contribution in [0.15, 0.2) is 84.9 Å². The van der Waals surface area contributed by atoms with Gasteiger partial charge < -0.3 is 20.7 Å². The number of anilines is 2. The first-order chi connectivity index (χ1) is 15.0. The summed E-state index contributed by atoms with van der Waals surface area (Å²) in [6.07, 6.45) is 0. The van der Waals surface area contributed by atoms with E-state index in [0.29, 0.717) is 17.1 Å². The van der Waals surface area contributed by atoms with Crippen molar-refractivity contribution in [3.05, 3.63) is 90.5 Å². The lowest BCUT2D eigenvalue weighted by Gasteiger charge is -2.23. The number of carbonyl (C=O) groups is 2. The lowest BCUT2D eigenvalue weighted by molar-refractivity contribution is -0.118. The predicted molar refractivity (Wildman–Crippen MR) is 123 cm³/mol. The van der Waals surface area contributed by atoms with Crippen LogP contribution in [0, 0.1) is 5.92 Å². The van der Waals surface area contributed by atoms with Crippen LogP contribution in [0.4, 0.5) is 16.2 Å². The van der Waals surface area contributed by atoms with Gasteiger partial charge in [-0.2, -0.15) is 0 Å². The maximum atomic E-state index is 12.6. The average Bonchev–Trinajstić information content (AvgIpc) is 2.77. The molecule has 3 aromatic carbocycles. The second-order valence-corrected chi connectivity index (χ2v) is 7.46. The van der Waals surface area contributed by atoms with Gasteiger partial charge in [-0.15, -0.1) is 0 Å². The van der Waals surface area contributed by atoms with Crippen molar-refractivity contribution in [2.45, 2.75) is 19.9 Å². The summed E-state index contributed by atoms with van der Waals surface area (Å²) in [7, 11) is 0. The van der Waals surface area contributed by atoms with Gasteiger partial charge in [0.05, 0.1) is 6.04 Å². The second-order valence-electron chi connectivity index (χ2n) is 7.46. The van der Waals surface area contributed by atoms with Crippen LogP contribution in [0.1, 0.15) is 25.5 Å². The molecule has 0 aliphatic rings. The van der Waals surface area contributed by atoms with E-state index < -0.39 is 0 Å². The van der Waals surface area contributed by atoms with Crippen LogP contribution in [0.3, 0.4) is 0 Å². The Bertz CT molecular complexity index is 991. The number of para-hydroxylation sites is 1. The first kappa shape index (κ1) is 21.9. The Labute approximate surface area is 182 Å². The first-order valence-electron chi connectivity index (χ1n) is 10.2. The molecule has 0 aliphatic heterocycles. The van der Waals surface area contributed by atoms with Crippen LogP contribution in [0.25, 0.3) is 0 Å². The van der Waals surface area contributed by atoms with Crippen molar-refractivity contribution in [1.82, 2.24) is 5.32 Å². The van der Waals surface area contributed by atoms with E-state index in [2.05, 4.69) is 29.8 Å². The summed E-state index contributed by atoms with van der Waals surface area (Å²) in [5, 5.41) is 8.62.